The number of aliphatic hydroxyl groups is 2. The number of hydrogen-bond donors (Lipinski definition) is 2. The van der Waals surface area contributed by atoms with Crippen LogP contribution in [0.1, 0.15) is 13.3 Å². The van der Waals surface area contributed by atoms with Gasteiger partial charge < -0.3 is 15.1 Å². The van der Waals surface area contributed by atoms with Crippen LogP contribution in [0.25, 0.3) is 0 Å². The van der Waals surface area contributed by atoms with Crippen LogP contribution >= 0.6 is 0 Å². The molecule has 1 aliphatic rings. The molecule has 0 bridgehead atoms. The third-order valence-corrected chi connectivity index (χ3v) is 2.48. The second-order valence-corrected chi connectivity index (χ2v) is 3.59. The zero-order valence-electron chi connectivity index (χ0n) is 7.94. The number of hydrogen-bond acceptors (Lipinski definition) is 3. The second kappa shape index (κ2) is 4.58. The summed E-state index contributed by atoms with van der Waals surface area (Å²) in [6, 6.07) is 0. The molecule has 0 aliphatic heterocycles. The topological polar surface area (TPSA) is 60.8 Å². The van der Waals surface area contributed by atoms with Gasteiger partial charge >= 0.3 is 0 Å². The molecule has 2 unspecified atom stereocenters. The van der Waals surface area contributed by atoms with E-state index in [0.717, 1.165) is 6.42 Å². The van der Waals surface area contributed by atoms with E-state index >= 15 is 0 Å². The Morgan fingerprint density at radius 1 is 1.38 bits per heavy atom. The minimum absolute atomic E-state index is 0.0349. The van der Waals surface area contributed by atoms with Gasteiger partial charge in [-0.05, 0) is 12.3 Å². The van der Waals surface area contributed by atoms with Crippen LogP contribution in [0.3, 0.4) is 0 Å². The van der Waals surface area contributed by atoms with Crippen molar-refractivity contribution in [3.05, 3.63) is 0 Å². The van der Waals surface area contributed by atoms with Crippen molar-refractivity contribution in [2.75, 3.05) is 26.3 Å². The number of carbonyl (C=O) groups is 1. The number of rotatable bonds is 5. The highest BCUT2D eigenvalue weighted by atomic mass is 16.3. The summed E-state index contributed by atoms with van der Waals surface area (Å²) in [5.41, 5.74) is 0. The van der Waals surface area contributed by atoms with Crippen LogP contribution in [0.2, 0.25) is 0 Å². The predicted octanol–water partition coefficient (Wildman–Crippen LogP) is -0.544. The number of carbonyl (C=O) groups excluding carboxylic acids is 1. The van der Waals surface area contributed by atoms with E-state index in [1.165, 1.54) is 4.90 Å². The van der Waals surface area contributed by atoms with E-state index in [2.05, 4.69) is 0 Å². The average Bonchev–Trinajstić information content (AvgIpc) is 2.81. The maximum atomic E-state index is 11.6. The van der Waals surface area contributed by atoms with E-state index in [0.29, 0.717) is 19.0 Å². The van der Waals surface area contributed by atoms with Gasteiger partial charge in [-0.2, -0.15) is 0 Å². The first-order chi connectivity index (χ1) is 6.20. The van der Waals surface area contributed by atoms with Gasteiger partial charge in [0.1, 0.15) is 0 Å². The summed E-state index contributed by atoms with van der Waals surface area (Å²) in [5.74, 6) is 0.695. The quantitative estimate of drug-likeness (QED) is 0.607. The van der Waals surface area contributed by atoms with E-state index in [1.807, 2.05) is 6.92 Å². The van der Waals surface area contributed by atoms with E-state index < -0.39 is 0 Å². The fourth-order valence-electron chi connectivity index (χ4n) is 1.47. The van der Waals surface area contributed by atoms with Crippen LogP contribution in [0.15, 0.2) is 0 Å². The minimum Gasteiger partial charge on any atom is -0.395 e. The van der Waals surface area contributed by atoms with Crippen molar-refractivity contribution >= 4 is 5.91 Å². The second-order valence-electron chi connectivity index (χ2n) is 3.59. The van der Waals surface area contributed by atoms with E-state index in [4.69, 9.17) is 10.2 Å². The summed E-state index contributed by atoms with van der Waals surface area (Å²) in [7, 11) is 0. The molecule has 2 N–H and O–H groups in total. The lowest BCUT2D eigenvalue weighted by Crippen LogP contribution is -2.37. The van der Waals surface area contributed by atoms with Crippen LogP contribution < -0.4 is 0 Å². The number of amides is 1. The van der Waals surface area contributed by atoms with Gasteiger partial charge in [-0.3, -0.25) is 4.79 Å². The molecular formula is C9H17NO3. The van der Waals surface area contributed by atoms with Gasteiger partial charge in [-0.1, -0.05) is 6.92 Å². The Morgan fingerprint density at radius 3 is 2.15 bits per heavy atom. The highest BCUT2D eigenvalue weighted by Crippen LogP contribution is 2.38. The average molecular weight is 187 g/mol. The lowest BCUT2D eigenvalue weighted by Gasteiger charge is -2.20. The van der Waals surface area contributed by atoms with E-state index in [1.54, 1.807) is 0 Å². The van der Waals surface area contributed by atoms with Gasteiger partial charge in [0.25, 0.3) is 0 Å². The molecule has 0 aromatic heterocycles. The van der Waals surface area contributed by atoms with Crippen LogP contribution in [-0.4, -0.2) is 47.3 Å². The third-order valence-electron chi connectivity index (χ3n) is 2.48. The standard InChI is InChI=1S/C9H17NO3/c1-7-6-8(7)9(13)10(2-4-11)3-5-12/h7-8,11-12H,2-6H2,1H3. The molecule has 13 heavy (non-hydrogen) atoms. The molecule has 0 aromatic carbocycles. The summed E-state index contributed by atoms with van der Waals surface area (Å²) in [6.07, 6.45) is 0.951. The molecule has 0 saturated heterocycles. The van der Waals surface area contributed by atoms with Crippen molar-refractivity contribution in [1.29, 1.82) is 0 Å². The van der Waals surface area contributed by atoms with Crippen molar-refractivity contribution in [3.63, 3.8) is 0 Å². The highest BCUT2D eigenvalue weighted by Gasteiger charge is 2.41. The first-order valence-electron chi connectivity index (χ1n) is 4.71. The summed E-state index contributed by atoms with van der Waals surface area (Å²) < 4.78 is 0. The van der Waals surface area contributed by atoms with Crippen molar-refractivity contribution in [1.82, 2.24) is 4.90 Å². The molecule has 0 heterocycles. The van der Waals surface area contributed by atoms with Crippen molar-refractivity contribution < 1.29 is 15.0 Å². The Bertz CT molecular complexity index is 178. The predicted molar refractivity (Wildman–Crippen MR) is 48.0 cm³/mol. The first kappa shape index (κ1) is 10.5. The Kier molecular flexibility index (Phi) is 3.69. The van der Waals surface area contributed by atoms with Crippen LogP contribution in [0.5, 0.6) is 0 Å². The molecule has 2 atom stereocenters. The molecule has 1 rings (SSSR count). The Balaban J connectivity index is 2.38. The number of aliphatic hydroxyl groups excluding tert-OH is 2. The summed E-state index contributed by atoms with van der Waals surface area (Å²) in [4.78, 5) is 13.1. The molecule has 76 valence electrons. The van der Waals surface area contributed by atoms with Gasteiger partial charge in [-0.25, -0.2) is 0 Å². The molecular weight excluding hydrogens is 170 g/mol. The molecule has 0 aromatic rings. The lowest BCUT2D eigenvalue weighted by atomic mass is 10.3. The Labute approximate surface area is 78.2 Å². The smallest absolute Gasteiger partial charge is 0.226 e. The molecule has 1 aliphatic carbocycles. The molecule has 1 amide bonds. The van der Waals surface area contributed by atoms with E-state index in [-0.39, 0.29) is 25.0 Å². The van der Waals surface area contributed by atoms with Gasteiger partial charge in [0.05, 0.1) is 13.2 Å². The zero-order chi connectivity index (χ0) is 9.84. The van der Waals surface area contributed by atoms with Gasteiger partial charge in [0.15, 0.2) is 0 Å². The highest BCUT2D eigenvalue weighted by molar-refractivity contribution is 5.81. The lowest BCUT2D eigenvalue weighted by molar-refractivity contribution is -0.133. The summed E-state index contributed by atoms with van der Waals surface area (Å²) >= 11 is 0. The van der Waals surface area contributed by atoms with E-state index in [9.17, 15) is 4.79 Å². The van der Waals surface area contributed by atoms with Gasteiger partial charge in [0.2, 0.25) is 5.91 Å². The molecule has 1 fully saturated rings. The van der Waals surface area contributed by atoms with Crippen molar-refractivity contribution in [3.8, 4) is 0 Å². The van der Waals surface area contributed by atoms with Gasteiger partial charge in [0, 0.05) is 19.0 Å². The third kappa shape index (κ3) is 2.67. The van der Waals surface area contributed by atoms with Gasteiger partial charge in [-0.15, -0.1) is 0 Å². The van der Waals surface area contributed by atoms with Crippen molar-refractivity contribution in [2.24, 2.45) is 11.8 Å². The Hall–Kier alpha value is -0.610. The molecule has 0 radical (unpaired) electrons. The largest absolute Gasteiger partial charge is 0.395 e. The molecule has 0 spiro atoms. The normalized spacial score (nSPS) is 25.8. The van der Waals surface area contributed by atoms with Crippen LogP contribution in [0, 0.1) is 11.8 Å². The Morgan fingerprint density at radius 2 is 1.85 bits per heavy atom. The zero-order valence-corrected chi connectivity index (χ0v) is 7.94. The first-order valence-corrected chi connectivity index (χ1v) is 4.71. The molecule has 1 saturated carbocycles. The summed E-state index contributed by atoms with van der Waals surface area (Å²) in [6.45, 7) is 2.64. The SMILES string of the molecule is CC1CC1C(=O)N(CCO)CCO. The maximum absolute atomic E-state index is 11.6. The van der Waals surface area contributed by atoms with Crippen LogP contribution in [-0.2, 0) is 4.79 Å². The molecule has 4 nitrogen and oxygen atoms in total. The molecule has 4 heteroatoms. The van der Waals surface area contributed by atoms with Crippen LogP contribution in [0.4, 0.5) is 0 Å². The fraction of sp³-hybridized carbons (Fsp3) is 0.889. The summed E-state index contributed by atoms with van der Waals surface area (Å²) in [5, 5.41) is 17.4. The fourth-order valence-corrected chi connectivity index (χ4v) is 1.47. The van der Waals surface area contributed by atoms with Crippen molar-refractivity contribution in [2.45, 2.75) is 13.3 Å². The minimum atomic E-state index is -0.0349. The number of nitrogens with zero attached hydrogens (tertiary/aromatic N) is 1. The monoisotopic (exact) mass is 187 g/mol. The maximum Gasteiger partial charge on any atom is 0.226 e.